The molecule has 0 radical (unpaired) electrons. The van der Waals surface area contributed by atoms with Crippen LogP contribution in [0.5, 0.6) is 0 Å². The van der Waals surface area contributed by atoms with Crippen LogP contribution in [-0.2, 0) is 0 Å². The van der Waals surface area contributed by atoms with E-state index in [0.29, 0.717) is 0 Å². The molecule has 0 amide bonds. The molecule has 2 fully saturated rings. The van der Waals surface area contributed by atoms with E-state index in [2.05, 4.69) is 47.8 Å². The van der Waals surface area contributed by atoms with Crippen LogP contribution in [0.25, 0.3) is 0 Å². The zero-order valence-electron chi connectivity index (χ0n) is 29.2. The number of rotatable bonds is 5. The van der Waals surface area contributed by atoms with Gasteiger partial charge >= 0.3 is 58.2 Å². The third-order valence-corrected chi connectivity index (χ3v) is 6.68. The van der Waals surface area contributed by atoms with Gasteiger partial charge in [0.05, 0.1) is 0 Å². The van der Waals surface area contributed by atoms with E-state index in [4.69, 9.17) is 5.11 Å². The quantitative estimate of drug-likeness (QED) is 0.246. The molecule has 0 aromatic carbocycles. The molecule has 0 saturated heterocycles. The van der Waals surface area contributed by atoms with Crippen LogP contribution in [0, 0.1) is 25.2 Å². The van der Waals surface area contributed by atoms with Crippen molar-refractivity contribution in [3.05, 3.63) is 31.7 Å². The molecule has 1 atom stereocenters. The third kappa shape index (κ3) is 44.5. The summed E-state index contributed by atoms with van der Waals surface area (Å²) in [6.07, 6.45) is 21.6. The Labute approximate surface area is 289 Å². The molecule has 2 aliphatic carbocycles. The average molecular weight is 599 g/mol. The van der Waals surface area contributed by atoms with Crippen molar-refractivity contribution in [2.45, 2.75) is 172 Å². The molecule has 224 valence electrons. The fraction of sp³-hybridized carbons (Fsp3) is 0.857. The molecule has 2 rings (SSSR count). The van der Waals surface area contributed by atoms with E-state index in [0.717, 1.165) is 24.9 Å². The van der Waals surface area contributed by atoms with Crippen molar-refractivity contribution in [3.8, 4) is 0 Å². The first-order chi connectivity index (χ1) is 16.9. The van der Waals surface area contributed by atoms with Crippen LogP contribution in [-0.4, -0.2) is 12.2 Å². The number of hydrogen-bond acceptors (Lipinski definition) is 1. The zero-order chi connectivity index (χ0) is 28.5. The Morgan fingerprint density at radius 3 is 1.16 bits per heavy atom. The van der Waals surface area contributed by atoms with Crippen LogP contribution in [0.4, 0.5) is 0 Å². The summed E-state index contributed by atoms with van der Waals surface area (Å²) in [5.41, 5.74) is 2.71. The van der Waals surface area contributed by atoms with E-state index in [9.17, 15) is 0 Å². The van der Waals surface area contributed by atoms with Crippen LogP contribution in [0.1, 0.15) is 172 Å². The van der Waals surface area contributed by atoms with Gasteiger partial charge in [-0.15, -0.1) is 0 Å². The van der Waals surface area contributed by atoms with Gasteiger partial charge in [0.25, 0.3) is 0 Å². The van der Waals surface area contributed by atoms with E-state index >= 15 is 0 Å². The molecule has 1 unspecified atom stereocenters. The summed E-state index contributed by atoms with van der Waals surface area (Å²) in [6, 6.07) is 0. The van der Waals surface area contributed by atoms with Gasteiger partial charge in [0.15, 0.2) is 0 Å². The van der Waals surface area contributed by atoms with Crippen molar-refractivity contribution in [2.24, 2.45) is 17.8 Å². The molecular weight excluding hydrogens is 522 g/mol. The molecule has 2 saturated carbocycles. The number of aliphatic hydroxyl groups is 1. The average Bonchev–Trinajstić information content (AvgIpc) is 2.89. The fourth-order valence-corrected chi connectivity index (χ4v) is 4.16. The molecule has 0 heterocycles. The zero-order valence-corrected chi connectivity index (χ0v) is 34.1. The summed E-state index contributed by atoms with van der Waals surface area (Å²) in [4.78, 5) is 0. The normalized spacial score (nSPS) is 18.2. The molecular formula is C35H77ORb. The predicted octanol–water partition coefficient (Wildman–Crippen LogP) is 10.0. The van der Waals surface area contributed by atoms with Crippen molar-refractivity contribution < 1.29 is 63.3 Å². The summed E-state index contributed by atoms with van der Waals surface area (Å²) in [5, 5.41) is 7.00. The van der Waals surface area contributed by atoms with E-state index in [1.807, 2.05) is 41.5 Å². The van der Waals surface area contributed by atoms with Crippen LogP contribution in [0.15, 0.2) is 24.3 Å². The van der Waals surface area contributed by atoms with E-state index in [1.54, 1.807) is 0 Å². The number of hydrogen-bond donors (Lipinski definition) is 1. The summed E-state index contributed by atoms with van der Waals surface area (Å²) in [7, 11) is 1.00. The first kappa shape index (κ1) is 54.3. The fourth-order valence-electron chi connectivity index (χ4n) is 4.16. The molecule has 37 heavy (non-hydrogen) atoms. The maximum absolute atomic E-state index is 7.00. The van der Waals surface area contributed by atoms with E-state index in [1.165, 1.54) is 107 Å². The van der Waals surface area contributed by atoms with Gasteiger partial charge in [0.1, 0.15) is 0 Å². The molecule has 0 aromatic rings. The second-order valence-electron chi connectivity index (χ2n) is 9.34. The standard InChI is InChI=1S/C11H20.2C8H16.3C2H6.CH4O.CH3.Rb/c1-4-10-5-7-11(8-6-10)9(2)3;1-2-4-6-8-7-5-3-1;1-5-6-8(4)7(2)3;4*1-2;;/h10-11H,2,4-8H2,1,3H3;1-8H2;8H,2,5-6H2,1,3-4H3;3*1-2H3;2H,1H3;1H3;/q;;;;;;;-1;+1. The summed E-state index contributed by atoms with van der Waals surface area (Å²) in [5.74, 6) is 2.59. The number of aliphatic hydroxyl groups excluding tert-OH is 1. The van der Waals surface area contributed by atoms with Crippen LogP contribution >= 0.6 is 0 Å². The predicted molar refractivity (Wildman–Crippen MR) is 175 cm³/mol. The van der Waals surface area contributed by atoms with Gasteiger partial charge in [0.2, 0.25) is 0 Å². The minimum absolute atomic E-state index is 0. The van der Waals surface area contributed by atoms with Crippen LogP contribution in [0.3, 0.4) is 0 Å². The Morgan fingerprint density at radius 1 is 0.703 bits per heavy atom. The van der Waals surface area contributed by atoms with Crippen molar-refractivity contribution >= 4 is 0 Å². The van der Waals surface area contributed by atoms with Crippen molar-refractivity contribution in [3.63, 3.8) is 0 Å². The van der Waals surface area contributed by atoms with Gasteiger partial charge in [-0.1, -0.05) is 151 Å². The second kappa shape index (κ2) is 50.1. The van der Waals surface area contributed by atoms with Gasteiger partial charge in [-0.3, -0.25) is 0 Å². The monoisotopic (exact) mass is 599 g/mol. The van der Waals surface area contributed by atoms with Gasteiger partial charge in [0, 0.05) is 7.11 Å². The molecule has 1 nitrogen and oxygen atoms in total. The van der Waals surface area contributed by atoms with E-state index < -0.39 is 0 Å². The first-order valence-corrected chi connectivity index (χ1v) is 15.7. The minimum atomic E-state index is 0. The molecule has 0 spiro atoms. The van der Waals surface area contributed by atoms with Crippen molar-refractivity contribution in [1.82, 2.24) is 0 Å². The van der Waals surface area contributed by atoms with Gasteiger partial charge in [-0.25, -0.2) is 0 Å². The molecule has 0 aliphatic heterocycles. The molecule has 0 aromatic heterocycles. The molecule has 0 bridgehead atoms. The van der Waals surface area contributed by atoms with Gasteiger partial charge in [-0.05, 0) is 63.7 Å². The maximum atomic E-state index is 7.00. The van der Waals surface area contributed by atoms with Crippen LogP contribution < -0.4 is 58.2 Å². The Bertz CT molecular complexity index is 345. The second-order valence-corrected chi connectivity index (χ2v) is 9.34. The van der Waals surface area contributed by atoms with Gasteiger partial charge in [-0.2, -0.15) is 0 Å². The van der Waals surface area contributed by atoms with Gasteiger partial charge < -0.3 is 12.5 Å². The van der Waals surface area contributed by atoms with Crippen molar-refractivity contribution in [1.29, 1.82) is 0 Å². The minimum Gasteiger partial charge on any atom is -0.400 e. The molecule has 2 aliphatic rings. The Kier molecular flexibility index (Phi) is 73.6. The van der Waals surface area contributed by atoms with Crippen LogP contribution in [0.2, 0.25) is 0 Å². The Balaban J connectivity index is -0.0000000633. The third-order valence-electron chi connectivity index (χ3n) is 6.68. The molecule has 2 heteroatoms. The smallest absolute Gasteiger partial charge is 0.400 e. The summed E-state index contributed by atoms with van der Waals surface area (Å²) >= 11 is 0. The Hall–Kier alpha value is 1.25. The SMILES string of the molecule is C1CCCCCCC1.C=C(C)C(C)CCC.C=C(C)C1CCC(CC)CC1.CC.CC.CC.CO.[CH3-].[Rb+]. The first-order valence-electron chi connectivity index (χ1n) is 15.7. The summed E-state index contributed by atoms with van der Waals surface area (Å²) < 4.78 is 0. The van der Waals surface area contributed by atoms with Crippen molar-refractivity contribution in [2.75, 3.05) is 7.11 Å². The number of allylic oxidation sites excluding steroid dienone is 2. The Morgan fingerprint density at radius 2 is 1.00 bits per heavy atom. The largest absolute Gasteiger partial charge is 1.00 e. The maximum Gasteiger partial charge on any atom is 1.00 e. The molecule has 1 N–H and O–H groups in total. The topological polar surface area (TPSA) is 20.2 Å². The summed E-state index contributed by atoms with van der Waals surface area (Å²) in [6.45, 7) is 30.9. The van der Waals surface area contributed by atoms with E-state index in [-0.39, 0.29) is 65.6 Å².